The first kappa shape index (κ1) is 11.2. The van der Waals surface area contributed by atoms with Crippen LogP contribution in [0.4, 0.5) is 0 Å². The van der Waals surface area contributed by atoms with Crippen molar-refractivity contribution in [1.82, 2.24) is 0 Å². The van der Waals surface area contributed by atoms with Crippen LogP contribution < -0.4 is 0 Å². The van der Waals surface area contributed by atoms with E-state index in [2.05, 4.69) is 24.8 Å². The zero-order valence-corrected chi connectivity index (χ0v) is 10.6. The Labute approximate surface area is 107 Å². The van der Waals surface area contributed by atoms with Gasteiger partial charge in [0.2, 0.25) is 0 Å². The number of allylic oxidation sites excluding steroid dienone is 1. The zero-order chi connectivity index (χ0) is 12.7. The van der Waals surface area contributed by atoms with Crippen LogP contribution in [0.15, 0.2) is 48.6 Å². The monoisotopic (exact) mass is 236 g/mol. The summed E-state index contributed by atoms with van der Waals surface area (Å²) in [5.74, 6) is 0.254. The first-order valence-electron chi connectivity index (χ1n) is 6.38. The van der Waals surface area contributed by atoms with E-state index in [9.17, 15) is 4.79 Å². The molecule has 0 amide bonds. The molecular formula is C17H16O. The highest BCUT2D eigenvalue weighted by atomic mass is 16.1. The molecule has 1 heteroatoms. The molecule has 2 aromatic carbocycles. The summed E-state index contributed by atoms with van der Waals surface area (Å²) in [7, 11) is 0. The lowest BCUT2D eigenvalue weighted by Crippen LogP contribution is -2.23. The van der Waals surface area contributed by atoms with Crippen LogP contribution in [0, 0.1) is 5.92 Å². The third-order valence-corrected chi connectivity index (χ3v) is 3.88. The fourth-order valence-corrected chi connectivity index (χ4v) is 2.89. The summed E-state index contributed by atoms with van der Waals surface area (Å²) < 4.78 is 0. The normalized spacial score (nSPS) is 18.7. The molecule has 0 fully saturated rings. The van der Waals surface area contributed by atoms with Crippen LogP contribution in [-0.4, -0.2) is 5.78 Å². The molecule has 0 saturated heterocycles. The fraction of sp³-hybridized carbons (Fsp3) is 0.235. The number of rotatable bonds is 1. The molecule has 0 heterocycles. The summed E-state index contributed by atoms with van der Waals surface area (Å²) in [6.45, 7) is 5.92. The van der Waals surface area contributed by atoms with Crippen molar-refractivity contribution >= 4 is 16.6 Å². The Balaban J connectivity index is 2.26. The van der Waals surface area contributed by atoms with Gasteiger partial charge >= 0.3 is 0 Å². The van der Waals surface area contributed by atoms with Crippen molar-refractivity contribution in [3.63, 3.8) is 0 Å². The molecule has 0 radical (unpaired) electrons. The zero-order valence-electron chi connectivity index (χ0n) is 10.6. The van der Waals surface area contributed by atoms with E-state index in [1.54, 1.807) is 0 Å². The lowest BCUT2D eigenvalue weighted by Gasteiger charge is -2.24. The molecule has 1 unspecified atom stereocenters. The van der Waals surface area contributed by atoms with Crippen LogP contribution in [0.25, 0.3) is 10.8 Å². The second-order valence-corrected chi connectivity index (χ2v) is 5.12. The maximum atomic E-state index is 12.6. The Morgan fingerprint density at radius 3 is 2.78 bits per heavy atom. The first-order chi connectivity index (χ1) is 8.68. The summed E-state index contributed by atoms with van der Waals surface area (Å²) >= 11 is 0. The lowest BCUT2D eigenvalue weighted by atomic mass is 9.78. The van der Waals surface area contributed by atoms with Crippen molar-refractivity contribution in [2.24, 2.45) is 5.92 Å². The van der Waals surface area contributed by atoms with Crippen LogP contribution in [0.1, 0.15) is 29.3 Å². The van der Waals surface area contributed by atoms with Crippen LogP contribution in [0.5, 0.6) is 0 Å². The number of carbonyl (C=O) groups excluding carboxylic acids is 1. The molecule has 0 spiro atoms. The van der Waals surface area contributed by atoms with E-state index in [-0.39, 0.29) is 11.7 Å². The Kier molecular flexibility index (Phi) is 2.55. The summed E-state index contributed by atoms with van der Waals surface area (Å²) in [6.07, 6.45) is 1.88. The number of benzene rings is 2. The molecular weight excluding hydrogens is 220 g/mol. The average Bonchev–Trinajstić information content (AvgIpc) is 2.38. The SMILES string of the molecule is C=C(C)C1CCc2ccc3ccccc3c2C1=O. The molecule has 18 heavy (non-hydrogen) atoms. The summed E-state index contributed by atoms with van der Waals surface area (Å²) in [6, 6.07) is 12.3. The van der Waals surface area contributed by atoms with Crippen LogP contribution in [0.3, 0.4) is 0 Å². The van der Waals surface area contributed by atoms with Gasteiger partial charge in [-0.05, 0) is 36.1 Å². The van der Waals surface area contributed by atoms with Crippen molar-refractivity contribution in [3.05, 3.63) is 59.7 Å². The van der Waals surface area contributed by atoms with Gasteiger partial charge in [0, 0.05) is 11.5 Å². The van der Waals surface area contributed by atoms with Crippen molar-refractivity contribution in [1.29, 1.82) is 0 Å². The Morgan fingerprint density at radius 2 is 2.00 bits per heavy atom. The molecule has 0 saturated carbocycles. The minimum absolute atomic E-state index is 0.00306. The summed E-state index contributed by atoms with van der Waals surface area (Å²) in [4.78, 5) is 12.6. The maximum Gasteiger partial charge on any atom is 0.170 e. The van der Waals surface area contributed by atoms with Gasteiger partial charge in [0.05, 0.1) is 0 Å². The van der Waals surface area contributed by atoms with Gasteiger partial charge in [-0.2, -0.15) is 0 Å². The largest absolute Gasteiger partial charge is 0.293 e. The molecule has 0 bridgehead atoms. The first-order valence-corrected chi connectivity index (χ1v) is 6.38. The van der Waals surface area contributed by atoms with Crippen molar-refractivity contribution in [2.45, 2.75) is 19.8 Å². The molecule has 2 aromatic rings. The number of fused-ring (bicyclic) bond motifs is 3. The minimum Gasteiger partial charge on any atom is -0.293 e. The number of hydrogen-bond acceptors (Lipinski definition) is 1. The van der Waals surface area contributed by atoms with Gasteiger partial charge in [-0.25, -0.2) is 0 Å². The van der Waals surface area contributed by atoms with Gasteiger partial charge < -0.3 is 0 Å². The second-order valence-electron chi connectivity index (χ2n) is 5.12. The molecule has 1 nitrogen and oxygen atoms in total. The fourth-order valence-electron chi connectivity index (χ4n) is 2.89. The highest BCUT2D eigenvalue weighted by molar-refractivity contribution is 6.11. The molecule has 3 rings (SSSR count). The number of ketones is 1. The molecule has 0 aromatic heterocycles. The van der Waals surface area contributed by atoms with Crippen molar-refractivity contribution < 1.29 is 4.79 Å². The van der Waals surface area contributed by atoms with Crippen LogP contribution in [-0.2, 0) is 6.42 Å². The highest BCUT2D eigenvalue weighted by Gasteiger charge is 2.28. The van der Waals surface area contributed by atoms with Gasteiger partial charge in [0.15, 0.2) is 5.78 Å². The standard InChI is InChI=1S/C17H16O/c1-11(2)14-10-9-13-8-7-12-5-3-4-6-15(12)16(13)17(14)18/h3-8,14H,1,9-10H2,2H3. The van der Waals surface area contributed by atoms with E-state index >= 15 is 0 Å². The predicted octanol–water partition coefficient (Wildman–Crippen LogP) is 4.16. The smallest absolute Gasteiger partial charge is 0.170 e. The summed E-state index contributed by atoms with van der Waals surface area (Å²) in [5, 5.41) is 2.23. The Hall–Kier alpha value is -1.89. The van der Waals surface area contributed by atoms with Gasteiger partial charge in [0.1, 0.15) is 0 Å². The van der Waals surface area contributed by atoms with Gasteiger partial charge in [-0.3, -0.25) is 4.79 Å². The number of hydrogen-bond donors (Lipinski definition) is 0. The quantitative estimate of drug-likeness (QED) is 0.679. The Morgan fingerprint density at radius 1 is 1.22 bits per heavy atom. The van der Waals surface area contributed by atoms with E-state index < -0.39 is 0 Å². The topological polar surface area (TPSA) is 17.1 Å². The average molecular weight is 236 g/mol. The molecule has 0 N–H and O–H groups in total. The second kappa shape index (κ2) is 4.09. The lowest BCUT2D eigenvalue weighted by molar-refractivity contribution is 0.0926. The van der Waals surface area contributed by atoms with E-state index in [1.807, 2.05) is 25.1 Å². The Bertz CT molecular complexity index is 652. The van der Waals surface area contributed by atoms with Crippen molar-refractivity contribution in [2.75, 3.05) is 0 Å². The molecule has 90 valence electrons. The van der Waals surface area contributed by atoms with E-state index in [1.165, 1.54) is 5.56 Å². The van der Waals surface area contributed by atoms with Gasteiger partial charge in [-0.15, -0.1) is 0 Å². The van der Waals surface area contributed by atoms with Crippen LogP contribution in [0.2, 0.25) is 0 Å². The van der Waals surface area contributed by atoms with Crippen molar-refractivity contribution in [3.8, 4) is 0 Å². The van der Waals surface area contributed by atoms with Gasteiger partial charge in [-0.1, -0.05) is 48.6 Å². The maximum absolute atomic E-state index is 12.6. The molecule has 1 aliphatic carbocycles. The van der Waals surface area contributed by atoms with E-state index in [0.29, 0.717) is 0 Å². The van der Waals surface area contributed by atoms with Crippen LogP contribution >= 0.6 is 0 Å². The number of aryl methyl sites for hydroxylation is 1. The van der Waals surface area contributed by atoms with E-state index in [4.69, 9.17) is 0 Å². The summed E-state index contributed by atoms with van der Waals surface area (Å²) in [5.41, 5.74) is 3.10. The van der Waals surface area contributed by atoms with E-state index in [0.717, 1.165) is 34.8 Å². The third-order valence-electron chi connectivity index (χ3n) is 3.88. The molecule has 1 aliphatic rings. The minimum atomic E-state index is 0.00306. The molecule has 1 atom stereocenters. The third kappa shape index (κ3) is 1.59. The predicted molar refractivity (Wildman–Crippen MR) is 74.9 cm³/mol. The number of carbonyl (C=O) groups is 1. The van der Waals surface area contributed by atoms with Gasteiger partial charge in [0.25, 0.3) is 0 Å². The highest BCUT2D eigenvalue weighted by Crippen LogP contribution is 2.33. The molecule has 0 aliphatic heterocycles. The number of Topliss-reactive ketones (excluding diaryl/α,β-unsaturated/α-hetero) is 1.